The van der Waals surface area contributed by atoms with Crippen LogP contribution < -0.4 is 5.32 Å². The molecule has 0 saturated carbocycles. The van der Waals surface area contributed by atoms with Crippen molar-refractivity contribution in [1.29, 1.82) is 5.26 Å². The number of aromatic amines is 1. The van der Waals surface area contributed by atoms with Crippen LogP contribution in [0, 0.1) is 17.1 Å². The molecule has 2 N–H and O–H groups in total. The van der Waals surface area contributed by atoms with Crippen molar-refractivity contribution < 1.29 is 14.0 Å². The number of aromatic nitrogens is 1. The Kier molecular flexibility index (Phi) is 9.30. The number of nitrogens with one attached hydrogen (secondary N) is 2. The molecule has 7 nitrogen and oxygen atoms in total. The van der Waals surface area contributed by atoms with Gasteiger partial charge in [-0.2, -0.15) is 5.26 Å². The summed E-state index contributed by atoms with van der Waals surface area (Å²) in [6, 6.07) is 22.5. The lowest BCUT2D eigenvalue weighted by atomic mass is 10.1. The molecule has 0 aliphatic rings. The Balaban J connectivity index is 1.51. The molecule has 0 saturated heterocycles. The fourth-order valence-corrected chi connectivity index (χ4v) is 4.43. The number of urea groups is 1. The molecule has 0 aliphatic heterocycles. The summed E-state index contributed by atoms with van der Waals surface area (Å²) in [5.41, 5.74) is 3.87. The van der Waals surface area contributed by atoms with Crippen molar-refractivity contribution >= 4 is 28.5 Å². The fraction of sp³-hybridized carbons (Fsp3) is 0.258. The average Bonchev–Trinajstić information content (AvgIpc) is 3.37. The van der Waals surface area contributed by atoms with Crippen LogP contribution in [0.5, 0.6) is 0 Å². The first-order valence-corrected chi connectivity index (χ1v) is 13.1. The molecule has 3 aromatic carbocycles. The highest BCUT2D eigenvalue weighted by Crippen LogP contribution is 2.19. The third-order valence-corrected chi connectivity index (χ3v) is 6.60. The number of carbonyl (C=O) groups excluding carboxylic acids is 2. The van der Waals surface area contributed by atoms with Gasteiger partial charge in [0.15, 0.2) is 0 Å². The zero-order valence-electron chi connectivity index (χ0n) is 22.0. The van der Waals surface area contributed by atoms with Gasteiger partial charge in [-0.15, -0.1) is 0 Å². The summed E-state index contributed by atoms with van der Waals surface area (Å²) in [7, 11) is 0. The van der Waals surface area contributed by atoms with Crippen molar-refractivity contribution in [2.45, 2.75) is 32.7 Å². The number of H-pyrrole nitrogens is 1. The molecule has 4 aromatic rings. The number of nitrogens with zero attached hydrogens (tertiary/aromatic N) is 3. The summed E-state index contributed by atoms with van der Waals surface area (Å²) in [6.07, 6.45) is 4.19. The Morgan fingerprint density at radius 2 is 1.79 bits per heavy atom. The van der Waals surface area contributed by atoms with Gasteiger partial charge in [0, 0.05) is 42.4 Å². The standard InChI is InChI=1S/C31H32FN5O2/c1-2-3-16-37(31(39)35-27-8-6-7-24(18-27)19-33)22-30(38)36(21-23-11-13-26(32)14-12-23)17-15-25-20-34-29-10-5-4-9-28(25)29/h4-14,18,20,34H,2-3,15-17,21-22H2,1H3,(H,35,39). The summed E-state index contributed by atoms with van der Waals surface area (Å²) >= 11 is 0. The fourth-order valence-electron chi connectivity index (χ4n) is 4.43. The number of hydrogen-bond acceptors (Lipinski definition) is 3. The number of rotatable bonds is 11. The van der Waals surface area contributed by atoms with Crippen molar-refractivity contribution in [3.05, 3.63) is 102 Å². The lowest BCUT2D eigenvalue weighted by Gasteiger charge is -2.28. The van der Waals surface area contributed by atoms with E-state index in [1.54, 1.807) is 41.3 Å². The molecule has 0 radical (unpaired) electrons. The SMILES string of the molecule is CCCCN(CC(=O)N(CCc1c[nH]c2ccccc12)Cc1ccc(F)cc1)C(=O)Nc1cccc(C#N)c1. The molecule has 3 amide bonds. The van der Waals surface area contributed by atoms with Crippen LogP contribution >= 0.6 is 0 Å². The van der Waals surface area contributed by atoms with E-state index < -0.39 is 6.03 Å². The summed E-state index contributed by atoms with van der Waals surface area (Å²) < 4.78 is 13.5. The number of halogens is 1. The molecule has 0 bridgehead atoms. The lowest BCUT2D eigenvalue weighted by Crippen LogP contribution is -2.45. The number of hydrogen-bond donors (Lipinski definition) is 2. The van der Waals surface area contributed by atoms with Gasteiger partial charge in [-0.3, -0.25) is 4.79 Å². The van der Waals surface area contributed by atoms with Crippen molar-refractivity contribution in [3.63, 3.8) is 0 Å². The first-order chi connectivity index (χ1) is 19.0. The summed E-state index contributed by atoms with van der Waals surface area (Å²) in [5.74, 6) is -0.533. The number of carbonyl (C=O) groups is 2. The number of unbranched alkanes of at least 4 members (excludes halogenated alkanes) is 1. The first-order valence-electron chi connectivity index (χ1n) is 13.1. The minimum absolute atomic E-state index is 0.0984. The second-order valence-corrected chi connectivity index (χ2v) is 9.45. The Hall–Kier alpha value is -4.64. The molecule has 0 aliphatic carbocycles. The first kappa shape index (κ1) is 27.4. The highest BCUT2D eigenvalue weighted by molar-refractivity contribution is 5.92. The van der Waals surface area contributed by atoms with Crippen molar-refractivity contribution in [2.75, 3.05) is 25.0 Å². The molecule has 1 aromatic heterocycles. The van der Waals surface area contributed by atoms with E-state index in [1.807, 2.05) is 37.4 Å². The van der Waals surface area contributed by atoms with E-state index in [-0.39, 0.29) is 18.3 Å². The van der Waals surface area contributed by atoms with Gasteiger partial charge in [-0.1, -0.05) is 49.7 Å². The van der Waals surface area contributed by atoms with Crippen LogP contribution in [0.25, 0.3) is 10.9 Å². The summed E-state index contributed by atoms with van der Waals surface area (Å²) in [4.78, 5) is 33.3. The molecule has 0 fully saturated rings. The smallest absolute Gasteiger partial charge is 0.322 e. The van der Waals surface area contributed by atoms with Gasteiger partial charge in [0.2, 0.25) is 5.91 Å². The maximum absolute atomic E-state index is 13.6. The molecule has 39 heavy (non-hydrogen) atoms. The average molecular weight is 526 g/mol. The summed E-state index contributed by atoms with van der Waals surface area (Å²) in [6.45, 7) is 3.08. The van der Waals surface area contributed by atoms with E-state index in [9.17, 15) is 14.0 Å². The maximum Gasteiger partial charge on any atom is 0.322 e. The Morgan fingerprint density at radius 1 is 1.00 bits per heavy atom. The van der Waals surface area contributed by atoms with E-state index in [2.05, 4.69) is 16.4 Å². The Bertz CT molecular complexity index is 1460. The second-order valence-electron chi connectivity index (χ2n) is 9.45. The van der Waals surface area contributed by atoms with Crippen molar-refractivity contribution in [1.82, 2.24) is 14.8 Å². The molecule has 1 heterocycles. The quantitative estimate of drug-likeness (QED) is 0.248. The molecule has 200 valence electrons. The highest BCUT2D eigenvalue weighted by atomic mass is 19.1. The van der Waals surface area contributed by atoms with E-state index in [4.69, 9.17) is 5.26 Å². The normalized spacial score (nSPS) is 10.7. The van der Waals surface area contributed by atoms with Gasteiger partial charge < -0.3 is 20.1 Å². The molecule has 0 atom stereocenters. The molecular formula is C31H32FN5O2. The molecule has 4 rings (SSSR count). The topological polar surface area (TPSA) is 92.2 Å². The minimum atomic E-state index is -0.398. The van der Waals surface area contributed by atoms with Crippen LogP contribution in [0.3, 0.4) is 0 Å². The van der Waals surface area contributed by atoms with Crippen LogP contribution in [0.4, 0.5) is 14.9 Å². The molecular weight excluding hydrogens is 493 g/mol. The van der Waals surface area contributed by atoms with Gasteiger partial charge in [-0.25, -0.2) is 9.18 Å². The predicted molar refractivity (Wildman–Crippen MR) is 150 cm³/mol. The molecule has 0 unspecified atom stereocenters. The van der Waals surface area contributed by atoms with Gasteiger partial charge in [0.25, 0.3) is 0 Å². The zero-order chi connectivity index (χ0) is 27.6. The molecule has 0 spiro atoms. The van der Waals surface area contributed by atoms with Crippen LogP contribution in [0.1, 0.15) is 36.5 Å². The van der Waals surface area contributed by atoms with Gasteiger partial charge in [0.1, 0.15) is 12.4 Å². The number of para-hydroxylation sites is 1. The van der Waals surface area contributed by atoms with Crippen LogP contribution in [0.2, 0.25) is 0 Å². The number of nitriles is 1. The predicted octanol–water partition coefficient (Wildman–Crippen LogP) is 6.08. The van der Waals surface area contributed by atoms with Gasteiger partial charge in [-0.05, 0) is 60.4 Å². The van der Waals surface area contributed by atoms with E-state index in [0.29, 0.717) is 37.3 Å². The van der Waals surface area contributed by atoms with Crippen LogP contribution in [-0.4, -0.2) is 46.4 Å². The minimum Gasteiger partial charge on any atom is -0.361 e. The number of anilines is 1. The van der Waals surface area contributed by atoms with E-state index in [0.717, 1.165) is 34.9 Å². The molecule has 8 heteroatoms. The largest absolute Gasteiger partial charge is 0.361 e. The second kappa shape index (κ2) is 13.2. The highest BCUT2D eigenvalue weighted by Gasteiger charge is 2.22. The monoisotopic (exact) mass is 525 g/mol. The maximum atomic E-state index is 13.6. The Labute approximate surface area is 227 Å². The zero-order valence-corrected chi connectivity index (χ0v) is 22.0. The number of amides is 3. The van der Waals surface area contributed by atoms with E-state index in [1.165, 1.54) is 17.0 Å². The van der Waals surface area contributed by atoms with Crippen molar-refractivity contribution in [3.8, 4) is 6.07 Å². The third-order valence-electron chi connectivity index (χ3n) is 6.60. The lowest BCUT2D eigenvalue weighted by molar-refractivity contribution is -0.132. The van der Waals surface area contributed by atoms with E-state index >= 15 is 0 Å². The third kappa shape index (κ3) is 7.45. The van der Waals surface area contributed by atoms with Gasteiger partial charge >= 0.3 is 6.03 Å². The number of fused-ring (bicyclic) bond motifs is 1. The summed E-state index contributed by atoms with van der Waals surface area (Å²) in [5, 5.41) is 13.1. The number of benzene rings is 3. The Morgan fingerprint density at radius 3 is 2.56 bits per heavy atom. The van der Waals surface area contributed by atoms with Crippen molar-refractivity contribution in [2.24, 2.45) is 0 Å². The van der Waals surface area contributed by atoms with Crippen LogP contribution in [-0.2, 0) is 17.8 Å². The van der Waals surface area contributed by atoms with Crippen LogP contribution in [0.15, 0.2) is 79.0 Å². The van der Waals surface area contributed by atoms with Gasteiger partial charge in [0.05, 0.1) is 11.6 Å².